The quantitative estimate of drug-likeness (QED) is 0.725. The molecule has 0 amide bonds. The summed E-state index contributed by atoms with van der Waals surface area (Å²) in [7, 11) is 1.60. The van der Waals surface area contributed by atoms with Gasteiger partial charge in [0, 0.05) is 5.56 Å². The predicted molar refractivity (Wildman–Crippen MR) is 63.8 cm³/mol. The van der Waals surface area contributed by atoms with Crippen molar-refractivity contribution in [2.75, 3.05) is 7.11 Å². The number of hydrogen-bond donors (Lipinski definition) is 0. The Morgan fingerprint density at radius 3 is 2.50 bits per heavy atom. The van der Waals surface area contributed by atoms with Gasteiger partial charge in [0.1, 0.15) is 5.75 Å². The highest BCUT2D eigenvalue weighted by Gasteiger charge is 2.12. The Bertz CT molecular complexity index is 399. The SMILES string of the molecule is [C-]#[N+]c1ccc(COC(C)(C)C)c(OC)c1. The molecule has 1 rings (SSSR count). The van der Waals surface area contributed by atoms with E-state index >= 15 is 0 Å². The van der Waals surface area contributed by atoms with Gasteiger partial charge < -0.3 is 9.47 Å². The first-order valence-corrected chi connectivity index (χ1v) is 5.14. The fraction of sp³-hybridized carbons (Fsp3) is 0.462. The van der Waals surface area contributed by atoms with Gasteiger partial charge in [0.15, 0.2) is 5.69 Å². The molecule has 3 nitrogen and oxygen atoms in total. The van der Waals surface area contributed by atoms with Crippen LogP contribution in [0, 0.1) is 6.57 Å². The van der Waals surface area contributed by atoms with Crippen LogP contribution < -0.4 is 4.74 Å². The molecule has 1 aromatic rings. The highest BCUT2D eigenvalue weighted by molar-refractivity contribution is 5.52. The van der Waals surface area contributed by atoms with Crippen molar-refractivity contribution < 1.29 is 9.47 Å². The molecule has 3 heteroatoms. The molecule has 0 atom stereocenters. The highest BCUT2D eigenvalue weighted by Crippen LogP contribution is 2.26. The molecule has 0 spiro atoms. The second-order valence-electron chi connectivity index (χ2n) is 4.51. The van der Waals surface area contributed by atoms with Crippen molar-refractivity contribution in [2.45, 2.75) is 33.0 Å². The standard InChI is InChI=1S/C13H17NO2/c1-13(2,3)16-9-10-6-7-11(14-4)8-12(10)15-5/h6-8H,9H2,1-3,5H3. The van der Waals surface area contributed by atoms with E-state index in [0.717, 1.165) is 5.56 Å². The van der Waals surface area contributed by atoms with E-state index < -0.39 is 0 Å². The Kier molecular flexibility index (Phi) is 3.92. The van der Waals surface area contributed by atoms with Crippen LogP contribution in [0.15, 0.2) is 18.2 Å². The zero-order valence-corrected chi connectivity index (χ0v) is 10.2. The van der Waals surface area contributed by atoms with E-state index in [9.17, 15) is 0 Å². The van der Waals surface area contributed by atoms with E-state index in [1.54, 1.807) is 19.2 Å². The molecule has 0 radical (unpaired) electrons. The van der Waals surface area contributed by atoms with Gasteiger partial charge >= 0.3 is 0 Å². The number of rotatable bonds is 3. The van der Waals surface area contributed by atoms with E-state index in [1.807, 2.05) is 26.8 Å². The maximum Gasteiger partial charge on any atom is 0.190 e. The third-order valence-electron chi connectivity index (χ3n) is 2.06. The van der Waals surface area contributed by atoms with Gasteiger partial charge in [-0.3, -0.25) is 0 Å². The van der Waals surface area contributed by atoms with Gasteiger partial charge in [-0.1, -0.05) is 12.1 Å². The van der Waals surface area contributed by atoms with Gasteiger partial charge in [-0.05, 0) is 26.8 Å². The van der Waals surface area contributed by atoms with E-state index in [1.165, 1.54) is 0 Å². The molecule has 0 unspecified atom stereocenters. The van der Waals surface area contributed by atoms with Gasteiger partial charge in [0.25, 0.3) is 0 Å². The lowest BCUT2D eigenvalue weighted by atomic mass is 10.1. The van der Waals surface area contributed by atoms with Crippen LogP contribution in [0.2, 0.25) is 0 Å². The number of benzene rings is 1. The van der Waals surface area contributed by atoms with E-state index in [2.05, 4.69) is 4.85 Å². The van der Waals surface area contributed by atoms with Crippen molar-refractivity contribution in [3.8, 4) is 5.75 Å². The molecule has 0 aliphatic heterocycles. The molecule has 0 aromatic heterocycles. The second-order valence-corrected chi connectivity index (χ2v) is 4.51. The number of hydrogen-bond acceptors (Lipinski definition) is 2. The smallest absolute Gasteiger partial charge is 0.190 e. The minimum absolute atomic E-state index is 0.177. The molecule has 16 heavy (non-hydrogen) atoms. The van der Waals surface area contributed by atoms with Crippen LogP contribution in [0.1, 0.15) is 26.3 Å². The molecular formula is C13H17NO2. The lowest BCUT2D eigenvalue weighted by Crippen LogP contribution is -2.18. The average molecular weight is 219 g/mol. The zero-order valence-electron chi connectivity index (χ0n) is 10.2. The summed E-state index contributed by atoms with van der Waals surface area (Å²) < 4.78 is 10.9. The third-order valence-corrected chi connectivity index (χ3v) is 2.06. The zero-order chi connectivity index (χ0) is 12.2. The summed E-state index contributed by atoms with van der Waals surface area (Å²) in [5, 5.41) is 0. The van der Waals surface area contributed by atoms with Gasteiger partial charge in [0.05, 0.1) is 25.9 Å². The van der Waals surface area contributed by atoms with Crippen LogP contribution >= 0.6 is 0 Å². The summed E-state index contributed by atoms with van der Waals surface area (Å²) in [4.78, 5) is 3.36. The molecule has 0 bridgehead atoms. The molecule has 0 N–H and O–H groups in total. The molecule has 0 aliphatic rings. The van der Waals surface area contributed by atoms with Crippen LogP contribution in [-0.4, -0.2) is 12.7 Å². The van der Waals surface area contributed by atoms with Gasteiger partial charge in [-0.2, -0.15) is 0 Å². The average Bonchev–Trinajstić information content (AvgIpc) is 2.25. The van der Waals surface area contributed by atoms with E-state index in [4.69, 9.17) is 16.0 Å². The molecule has 0 aliphatic carbocycles. The number of nitrogens with zero attached hydrogens (tertiary/aromatic N) is 1. The summed E-state index contributed by atoms with van der Waals surface area (Å²) in [6.07, 6.45) is 0. The summed E-state index contributed by atoms with van der Waals surface area (Å²) in [6, 6.07) is 5.38. The van der Waals surface area contributed by atoms with Gasteiger partial charge in [-0.15, -0.1) is 0 Å². The van der Waals surface area contributed by atoms with Crippen molar-refractivity contribution in [3.05, 3.63) is 35.2 Å². The van der Waals surface area contributed by atoms with Crippen LogP contribution in [0.3, 0.4) is 0 Å². The maximum atomic E-state index is 6.93. The summed E-state index contributed by atoms with van der Waals surface area (Å²) in [5.74, 6) is 0.706. The fourth-order valence-corrected chi connectivity index (χ4v) is 1.22. The first kappa shape index (κ1) is 12.5. The molecule has 0 saturated heterocycles. The summed E-state index contributed by atoms with van der Waals surface area (Å²) in [5.41, 5.74) is 1.37. The summed E-state index contributed by atoms with van der Waals surface area (Å²) in [6.45, 7) is 13.4. The second kappa shape index (κ2) is 5.00. The Labute approximate surface area is 96.8 Å². The minimum Gasteiger partial charge on any atom is -0.498 e. The molecule has 86 valence electrons. The Morgan fingerprint density at radius 1 is 1.31 bits per heavy atom. The molecular weight excluding hydrogens is 202 g/mol. The van der Waals surface area contributed by atoms with E-state index in [-0.39, 0.29) is 5.60 Å². The number of ether oxygens (including phenoxy) is 2. The monoisotopic (exact) mass is 219 g/mol. The molecule has 0 fully saturated rings. The topological polar surface area (TPSA) is 22.8 Å². The minimum atomic E-state index is -0.177. The Morgan fingerprint density at radius 2 is 2.00 bits per heavy atom. The Balaban J connectivity index is 2.85. The maximum absolute atomic E-state index is 6.93. The summed E-state index contributed by atoms with van der Waals surface area (Å²) >= 11 is 0. The van der Waals surface area contributed by atoms with Crippen molar-refractivity contribution >= 4 is 5.69 Å². The molecule has 0 saturated carbocycles. The fourth-order valence-electron chi connectivity index (χ4n) is 1.22. The Hall–Kier alpha value is -1.53. The van der Waals surface area contributed by atoms with Gasteiger partial charge in [0.2, 0.25) is 0 Å². The third kappa shape index (κ3) is 3.56. The van der Waals surface area contributed by atoms with Crippen LogP contribution in [0.25, 0.3) is 4.85 Å². The molecule has 0 heterocycles. The lowest BCUT2D eigenvalue weighted by Gasteiger charge is -2.20. The first-order chi connectivity index (χ1) is 7.46. The first-order valence-electron chi connectivity index (χ1n) is 5.14. The van der Waals surface area contributed by atoms with Crippen molar-refractivity contribution in [1.82, 2.24) is 0 Å². The van der Waals surface area contributed by atoms with Crippen LogP contribution in [-0.2, 0) is 11.3 Å². The lowest BCUT2D eigenvalue weighted by molar-refractivity contribution is -0.0156. The highest BCUT2D eigenvalue weighted by atomic mass is 16.5. The van der Waals surface area contributed by atoms with Crippen molar-refractivity contribution in [1.29, 1.82) is 0 Å². The predicted octanol–water partition coefficient (Wildman–Crippen LogP) is 3.56. The molecule has 1 aromatic carbocycles. The van der Waals surface area contributed by atoms with Crippen molar-refractivity contribution in [3.63, 3.8) is 0 Å². The van der Waals surface area contributed by atoms with Crippen LogP contribution in [0.5, 0.6) is 5.75 Å². The van der Waals surface area contributed by atoms with Crippen molar-refractivity contribution in [2.24, 2.45) is 0 Å². The van der Waals surface area contributed by atoms with Crippen LogP contribution in [0.4, 0.5) is 5.69 Å². The van der Waals surface area contributed by atoms with Gasteiger partial charge in [-0.25, -0.2) is 4.85 Å². The number of methoxy groups -OCH3 is 1. The van der Waals surface area contributed by atoms with E-state index in [0.29, 0.717) is 18.0 Å². The largest absolute Gasteiger partial charge is 0.498 e. The normalized spacial score (nSPS) is 10.9.